The Balaban J connectivity index is 1.72. The van der Waals surface area contributed by atoms with Gasteiger partial charge in [0.1, 0.15) is 0 Å². The molecule has 0 unspecified atom stereocenters. The van der Waals surface area contributed by atoms with Crippen molar-refractivity contribution in [1.82, 2.24) is 9.55 Å². The van der Waals surface area contributed by atoms with Crippen molar-refractivity contribution in [2.24, 2.45) is 0 Å². The predicted octanol–water partition coefficient (Wildman–Crippen LogP) is 4.69. The van der Waals surface area contributed by atoms with Crippen molar-refractivity contribution in [2.45, 2.75) is 39.0 Å². The summed E-state index contributed by atoms with van der Waals surface area (Å²) in [5, 5.41) is 1.47. The number of fused-ring (bicyclic) bond motifs is 3. The molecule has 4 rings (SSSR count). The molecule has 0 saturated heterocycles. The van der Waals surface area contributed by atoms with Crippen molar-refractivity contribution in [1.29, 1.82) is 0 Å². The molecule has 0 fully saturated rings. The zero-order valence-corrected chi connectivity index (χ0v) is 14.6. The van der Waals surface area contributed by atoms with Crippen LogP contribution in [0, 0.1) is 13.8 Å². The van der Waals surface area contributed by atoms with Crippen LogP contribution in [0.1, 0.15) is 28.1 Å². The Labute approximate surface area is 141 Å². The average molecular weight is 322 g/mol. The van der Waals surface area contributed by atoms with Gasteiger partial charge in [0.25, 0.3) is 0 Å². The number of benzene rings is 1. The van der Waals surface area contributed by atoms with E-state index >= 15 is 0 Å². The van der Waals surface area contributed by atoms with E-state index in [1.807, 2.05) is 13.1 Å². The van der Waals surface area contributed by atoms with E-state index in [2.05, 4.69) is 58.6 Å². The standard InChI is InChI=1S/C20H22N2S/c1-14-3-6-19-17(11-14)18-13-23-10-8-20(18)22(19)9-7-16-5-4-15(2)21-12-16/h3-6,11-12H,7-10,13H2,1-2H3. The molecule has 0 saturated carbocycles. The molecular weight excluding hydrogens is 300 g/mol. The SMILES string of the molecule is Cc1ccc2c(c1)c1c(n2CCc2ccc(C)nc2)CCSC1. The van der Waals surface area contributed by atoms with Crippen LogP contribution < -0.4 is 0 Å². The fraction of sp³-hybridized carbons (Fsp3) is 0.350. The third-order valence-corrected chi connectivity index (χ3v) is 5.75. The lowest BCUT2D eigenvalue weighted by Crippen LogP contribution is -2.10. The van der Waals surface area contributed by atoms with Crippen LogP contribution in [0.2, 0.25) is 0 Å². The Morgan fingerprint density at radius 2 is 2.09 bits per heavy atom. The maximum absolute atomic E-state index is 4.43. The fourth-order valence-corrected chi connectivity index (χ4v) is 4.53. The fourth-order valence-electron chi connectivity index (χ4n) is 3.52. The Kier molecular flexibility index (Phi) is 3.90. The van der Waals surface area contributed by atoms with Gasteiger partial charge in [0, 0.05) is 40.8 Å². The highest BCUT2D eigenvalue weighted by atomic mass is 32.2. The van der Waals surface area contributed by atoms with Crippen molar-refractivity contribution < 1.29 is 0 Å². The number of pyridine rings is 1. The van der Waals surface area contributed by atoms with Crippen LogP contribution in [-0.2, 0) is 25.1 Å². The molecule has 1 aromatic carbocycles. The van der Waals surface area contributed by atoms with Crippen LogP contribution in [0.3, 0.4) is 0 Å². The van der Waals surface area contributed by atoms with E-state index in [9.17, 15) is 0 Å². The molecule has 3 heteroatoms. The smallest absolute Gasteiger partial charge is 0.0486 e. The molecule has 3 aromatic rings. The quantitative estimate of drug-likeness (QED) is 0.696. The lowest BCUT2D eigenvalue weighted by atomic mass is 10.1. The summed E-state index contributed by atoms with van der Waals surface area (Å²) in [6.45, 7) is 5.28. The summed E-state index contributed by atoms with van der Waals surface area (Å²) in [5.41, 5.74) is 8.30. The predicted molar refractivity (Wildman–Crippen MR) is 99.2 cm³/mol. The van der Waals surface area contributed by atoms with Crippen LogP contribution >= 0.6 is 11.8 Å². The van der Waals surface area contributed by atoms with Gasteiger partial charge < -0.3 is 4.57 Å². The van der Waals surface area contributed by atoms with Gasteiger partial charge in [-0.3, -0.25) is 4.98 Å². The molecule has 2 aromatic heterocycles. The summed E-state index contributed by atoms with van der Waals surface area (Å²) < 4.78 is 2.56. The second-order valence-electron chi connectivity index (χ2n) is 6.46. The van der Waals surface area contributed by atoms with Crippen molar-refractivity contribution in [3.05, 3.63) is 64.6 Å². The van der Waals surface area contributed by atoms with Crippen LogP contribution in [0.25, 0.3) is 10.9 Å². The number of rotatable bonds is 3. The monoisotopic (exact) mass is 322 g/mol. The number of aromatic nitrogens is 2. The summed E-state index contributed by atoms with van der Waals surface area (Å²) >= 11 is 2.06. The summed E-state index contributed by atoms with van der Waals surface area (Å²) in [5.74, 6) is 2.41. The number of nitrogens with zero attached hydrogens (tertiary/aromatic N) is 2. The van der Waals surface area contributed by atoms with Crippen molar-refractivity contribution >= 4 is 22.7 Å². The summed E-state index contributed by atoms with van der Waals surface area (Å²) in [7, 11) is 0. The number of hydrogen-bond acceptors (Lipinski definition) is 2. The van der Waals surface area contributed by atoms with Gasteiger partial charge in [0.15, 0.2) is 0 Å². The van der Waals surface area contributed by atoms with Gasteiger partial charge in [0.05, 0.1) is 0 Å². The first kappa shape index (κ1) is 14.8. The first-order valence-corrected chi connectivity index (χ1v) is 9.48. The lowest BCUT2D eigenvalue weighted by Gasteiger charge is -2.16. The van der Waals surface area contributed by atoms with Crippen molar-refractivity contribution in [3.63, 3.8) is 0 Å². The topological polar surface area (TPSA) is 17.8 Å². The van der Waals surface area contributed by atoms with Gasteiger partial charge >= 0.3 is 0 Å². The van der Waals surface area contributed by atoms with Crippen LogP contribution in [0.4, 0.5) is 0 Å². The van der Waals surface area contributed by atoms with E-state index in [4.69, 9.17) is 0 Å². The summed E-state index contributed by atoms with van der Waals surface area (Å²) in [6, 6.07) is 11.2. The maximum atomic E-state index is 4.43. The van der Waals surface area contributed by atoms with Crippen LogP contribution in [0.5, 0.6) is 0 Å². The minimum absolute atomic E-state index is 1.05. The van der Waals surface area contributed by atoms with E-state index < -0.39 is 0 Å². The van der Waals surface area contributed by atoms with E-state index in [0.717, 1.165) is 24.4 Å². The largest absolute Gasteiger partial charge is 0.344 e. The zero-order chi connectivity index (χ0) is 15.8. The van der Waals surface area contributed by atoms with Crippen molar-refractivity contribution in [3.8, 4) is 0 Å². The van der Waals surface area contributed by atoms with Crippen LogP contribution in [0.15, 0.2) is 36.5 Å². The highest BCUT2D eigenvalue weighted by molar-refractivity contribution is 7.98. The van der Waals surface area contributed by atoms with Crippen molar-refractivity contribution in [2.75, 3.05) is 5.75 Å². The Morgan fingerprint density at radius 1 is 1.17 bits per heavy atom. The van der Waals surface area contributed by atoms with Gasteiger partial charge in [-0.05, 0) is 61.8 Å². The second kappa shape index (κ2) is 6.04. The lowest BCUT2D eigenvalue weighted by molar-refractivity contribution is 0.682. The molecular formula is C20H22N2S. The second-order valence-corrected chi connectivity index (χ2v) is 7.56. The number of aryl methyl sites for hydroxylation is 4. The first-order chi connectivity index (χ1) is 11.2. The highest BCUT2D eigenvalue weighted by Gasteiger charge is 2.20. The number of thioether (sulfide) groups is 1. The molecule has 3 heterocycles. The van der Waals surface area contributed by atoms with Crippen LogP contribution in [-0.4, -0.2) is 15.3 Å². The molecule has 118 valence electrons. The Hall–Kier alpha value is -1.74. The maximum Gasteiger partial charge on any atom is 0.0486 e. The Morgan fingerprint density at radius 3 is 2.91 bits per heavy atom. The molecule has 0 amide bonds. The highest BCUT2D eigenvalue weighted by Crippen LogP contribution is 2.34. The molecule has 0 N–H and O–H groups in total. The van der Waals surface area contributed by atoms with Gasteiger partial charge in [-0.2, -0.15) is 11.8 Å². The molecule has 1 aliphatic heterocycles. The minimum Gasteiger partial charge on any atom is -0.344 e. The number of hydrogen-bond donors (Lipinski definition) is 0. The molecule has 1 aliphatic rings. The van der Waals surface area contributed by atoms with E-state index in [0.29, 0.717) is 0 Å². The van der Waals surface area contributed by atoms with Gasteiger partial charge in [-0.15, -0.1) is 0 Å². The normalized spacial score (nSPS) is 14.2. The molecule has 0 atom stereocenters. The molecule has 0 spiro atoms. The third-order valence-electron chi connectivity index (χ3n) is 4.77. The zero-order valence-electron chi connectivity index (χ0n) is 13.8. The molecule has 23 heavy (non-hydrogen) atoms. The summed E-state index contributed by atoms with van der Waals surface area (Å²) in [4.78, 5) is 4.43. The third kappa shape index (κ3) is 2.78. The average Bonchev–Trinajstić information content (AvgIpc) is 2.88. The molecule has 0 bridgehead atoms. The van der Waals surface area contributed by atoms with E-state index in [1.54, 1.807) is 11.3 Å². The van der Waals surface area contributed by atoms with Gasteiger partial charge in [-0.1, -0.05) is 17.7 Å². The van der Waals surface area contributed by atoms with E-state index in [1.165, 1.54) is 34.2 Å². The first-order valence-electron chi connectivity index (χ1n) is 8.32. The van der Waals surface area contributed by atoms with E-state index in [-0.39, 0.29) is 0 Å². The minimum atomic E-state index is 1.05. The molecule has 0 radical (unpaired) electrons. The van der Waals surface area contributed by atoms with Gasteiger partial charge in [-0.25, -0.2) is 0 Å². The molecule has 2 nitrogen and oxygen atoms in total. The summed E-state index contributed by atoms with van der Waals surface area (Å²) in [6.07, 6.45) is 4.26. The Bertz CT molecular complexity index is 846. The molecule has 0 aliphatic carbocycles. The van der Waals surface area contributed by atoms with Gasteiger partial charge in [0.2, 0.25) is 0 Å².